The van der Waals surface area contributed by atoms with Crippen molar-refractivity contribution in [3.05, 3.63) is 69.5 Å². The fraction of sp³-hybridized carbons (Fsp3) is 0.0952. The number of amides is 1. The number of carbonyl (C=O) groups excluding carboxylic acids is 1. The maximum atomic E-state index is 14.4. The lowest BCUT2D eigenvalue weighted by Gasteiger charge is -2.12. The van der Waals surface area contributed by atoms with Gasteiger partial charge in [-0.3, -0.25) is 10.2 Å². The number of aliphatic carboxylic acids is 1. The first-order valence-electron chi connectivity index (χ1n) is 9.93. The lowest BCUT2D eigenvalue weighted by molar-refractivity contribution is -0.192. The van der Waals surface area contributed by atoms with Crippen molar-refractivity contribution in [1.82, 2.24) is 0 Å². The van der Waals surface area contributed by atoms with Crippen LogP contribution in [-0.2, 0) is 24.5 Å². The number of thioether (sulfide) groups is 1. The third-order valence-electron chi connectivity index (χ3n) is 4.39. The molecule has 1 unspecified atom stereocenters. The topological polar surface area (TPSA) is 194 Å². The molecule has 0 bridgehead atoms. The van der Waals surface area contributed by atoms with Crippen molar-refractivity contribution in [2.24, 2.45) is 15.2 Å². The van der Waals surface area contributed by atoms with E-state index in [0.29, 0.717) is 13.6 Å². The number of amidine groups is 1. The fourth-order valence-corrected chi connectivity index (χ4v) is 9.80. The zero-order chi connectivity index (χ0) is 29.8. The highest BCUT2D eigenvalue weighted by atomic mass is 79.9. The highest BCUT2D eigenvalue weighted by Crippen LogP contribution is 2.39. The van der Waals surface area contributed by atoms with Crippen LogP contribution < -0.4 is 11.5 Å². The van der Waals surface area contributed by atoms with E-state index < -0.39 is 37.8 Å². The smallest absolute Gasteiger partial charge is 0.475 e. The van der Waals surface area contributed by atoms with Gasteiger partial charge in [-0.25, -0.2) is 9.00 Å². The fourth-order valence-electron chi connectivity index (χ4n) is 2.67. The van der Waals surface area contributed by atoms with E-state index in [9.17, 15) is 30.6 Å². The molecule has 210 valence electrons. The van der Waals surface area contributed by atoms with Gasteiger partial charge in [0.1, 0.15) is 15.6 Å². The molecule has 1 amide bonds. The van der Waals surface area contributed by atoms with Gasteiger partial charge >= 0.3 is 12.1 Å². The number of nitrogens with zero attached hydrogens (tertiary/aromatic N) is 1. The number of nitrogen functional groups attached to an aromatic ring is 1. The molecule has 3 aromatic rings. The molecule has 10 nitrogen and oxygen atoms in total. The quantitative estimate of drug-likeness (QED) is 0.158. The second-order valence-electron chi connectivity index (χ2n) is 7.11. The number of nitrogens with one attached hydrogen (secondary N) is 1. The van der Waals surface area contributed by atoms with Gasteiger partial charge in [-0.1, -0.05) is 31.8 Å². The predicted molar refractivity (Wildman–Crippen MR) is 144 cm³/mol. The average molecular weight is 688 g/mol. The molecule has 0 saturated carbocycles. The number of carbonyl (C=O) groups is 2. The Kier molecular flexibility index (Phi) is 10.3. The summed E-state index contributed by atoms with van der Waals surface area (Å²) in [4.78, 5) is 20.7. The number of sulfonamides is 1. The number of carboxylic acid groups (broad SMARTS) is 1. The van der Waals surface area contributed by atoms with E-state index in [1.807, 2.05) is 0 Å². The Morgan fingerprint density at radius 1 is 1.05 bits per heavy atom. The van der Waals surface area contributed by atoms with Gasteiger partial charge in [0.05, 0.1) is 23.8 Å². The van der Waals surface area contributed by atoms with Crippen LogP contribution in [0.25, 0.3) is 0 Å². The largest absolute Gasteiger partial charge is 0.490 e. The van der Waals surface area contributed by atoms with E-state index in [2.05, 4.69) is 19.7 Å². The summed E-state index contributed by atoms with van der Waals surface area (Å²) in [6.07, 6.45) is -3.34. The number of halogens is 4. The third kappa shape index (κ3) is 8.04. The van der Waals surface area contributed by atoms with E-state index in [-0.39, 0.29) is 26.1 Å². The number of alkyl halides is 3. The zero-order valence-electron chi connectivity index (χ0n) is 19.4. The van der Waals surface area contributed by atoms with E-state index in [1.54, 1.807) is 18.4 Å². The first-order valence-corrected chi connectivity index (χ1v) is 15.7. The summed E-state index contributed by atoms with van der Waals surface area (Å²) in [6.45, 7) is 0. The molecular formula is C21H18BrF3N4O6S4. The molecule has 0 aliphatic carbocycles. The molecular weight excluding hydrogens is 669 g/mol. The summed E-state index contributed by atoms with van der Waals surface area (Å²) in [5, 5.41) is 14.9. The van der Waals surface area contributed by atoms with Crippen molar-refractivity contribution in [1.29, 1.82) is 5.41 Å². The lowest BCUT2D eigenvalue weighted by atomic mass is 10.2. The van der Waals surface area contributed by atoms with Gasteiger partial charge < -0.3 is 16.6 Å². The second kappa shape index (κ2) is 12.5. The molecule has 0 fully saturated rings. The van der Waals surface area contributed by atoms with E-state index in [0.717, 1.165) is 17.4 Å². The number of carboxylic acids is 1. The van der Waals surface area contributed by atoms with Crippen molar-refractivity contribution in [3.8, 4) is 0 Å². The van der Waals surface area contributed by atoms with Crippen LogP contribution in [0, 0.1) is 5.41 Å². The Labute approximate surface area is 237 Å². The van der Waals surface area contributed by atoms with Gasteiger partial charge in [-0.05, 0) is 48.7 Å². The highest BCUT2D eigenvalue weighted by molar-refractivity contribution is 9.10. The minimum atomic E-state index is -5.08. The molecule has 1 heterocycles. The van der Waals surface area contributed by atoms with Gasteiger partial charge in [0.25, 0.3) is 10.0 Å². The van der Waals surface area contributed by atoms with Crippen molar-refractivity contribution in [3.63, 3.8) is 0 Å². The number of rotatable bonds is 7. The molecule has 0 aliphatic rings. The van der Waals surface area contributed by atoms with Crippen LogP contribution in [-0.4, -0.2) is 47.9 Å². The van der Waals surface area contributed by atoms with Gasteiger partial charge in [-0.2, -0.15) is 21.6 Å². The number of nitrogens with two attached hydrogens (primary N) is 2. The Morgan fingerprint density at radius 3 is 2.10 bits per heavy atom. The molecule has 6 N–H and O–H groups in total. The second-order valence-corrected chi connectivity index (χ2v) is 14.1. The first-order chi connectivity index (χ1) is 17.9. The molecule has 3 rings (SSSR count). The minimum absolute atomic E-state index is 0.0190. The maximum Gasteiger partial charge on any atom is 0.490 e. The molecule has 1 atom stereocenters. The molecule has 0 aliphatic heterocycles. The van der Waals surface area contributed by atoms with E-state index in [4.69, 9.17) is 26.8 Å². The van der Waals surface area contributed by atoms with Crippen LogP contribution in [0.4, 0.5) is 13.2 Å². The van der Waals surface area contributed by atoms with Crippen molar-refractivity contribution in [2.45, 2.75) is 25.1 Å². The monoisotopic (exact) mass is 686 g/mol. The zero-order valence-corrected chi connectivity index (χ0v) is 24.3. The maximum absolute atomic E-state index is 14.4. The summed E-state index contributed by atoms with van der Waals surface area (Å²) in [6, 6.07) is 12.9. The molecule has 1 aromatic heterocycles. The highest BCUT2D eigenvalue weighted by Gasteiger charge is 2.38. The molecule has 18 heteroatoms. The Hall–Kier alpha value is -2.93. The molecule has 39 heavy (non-hydrogen) atoms. The first kappa shape index (κ1) is 32.3. The minimum Gasteiger partial charge on any atom is -0.475 e. The normalized spacial score (nSPS) is 12.9. The van der Waals surface area contributed by atoms with Crippen LogP contribution in [0.2, 0.25) is 0 Å². The average Bonchev–Trinajstić information content (AvgIpc) is 3.29. The molecule has 2 aromatic carbocycles. The summed E-state index contributed by atoms with van der Waals surface area (Å²) in [7, 11) is -8.22. The summed E-state index contributed by atoms with van der Waals surface area (Å²) in [5.41, 5.74) is 10.9. The van der Waals surface area contributed by atoms with Crippen LogP contribution in [0.15, 0.2) is 81.7 Å². The number of thiophene rings is 1. The Balaban J connectivity index is 0.000000673. The van der Waals surface area contributed by atoms with Crippen LogP contribution >= 0.6 is 39.0 Å². The van der Waals surface area contributed by atoms with E-state index in [1.165, 1.54) is 48.2 Å². The summed E-state index contributed by atoms with van der Waals surface area (Å²) >= 11 is 5.69. The van der Waals surface area contributed by atoms with Crippen molar-refractivity contribution >= 4 is 76.5 Å². The Morgan fingerprint density at radius 2 is 1.62 bits per heavy atom. The third-order valence-corrected chi connectivity index (χ3v) is 11.7. The van der Waals surface area contributed by atoms with Crippen LogP contribution in [0.5, 0.6) is 0 Å². The molecule has 0 saturated heterocycles. The predicted octanol–water partition coefficient (Wildman–Crippen LogP) is 4.52. The standard InChI is InChI=1S/C19H17BrN4O4S4.C2HF3O2/c1-29-19-16(10-15(30-19)17(21)22)31(26,13-6-3-5-12(20)9-13)24-32(27,28)14-7-2-4-11(8-14)18(23)25;3-2(4,5)1(6)7/h2-10H,1H3,(H3,21,22)(H2,23,25);(H,6,7). The van der Waals surface area contributed by atoms with Crippen LogP contribution in [0.1, 0.15) is 15.2 Å². The lowest BCUT2D eigenvalue weighted by Crippen LogP contribution is -2.21. The number of hydrogen-bond donors (Lipinski definition) is 4. The van der Waals surface area contributed by atoms with Gasteiger partial charge in [-0.15, -0.1) is 23.1 Å². The molecule has 0 radical (unpaired) electrons. The van der Waals surface area contributed by atoms with Gasteiger partial charge in [0, 0.05) is 10.0 Å². The van der Waals surface area contributed by atoms with Crippen molar-refractivity contribution < 1.29 is 40.5 Å². The number of hydrogen-bond acceptors (Lipinski definition) is 8. The summed E-state index contributed by atoms with van der Waals surface area (Å²) in [5.74, 6) is -3.79. The number of benzene rings is 2. The Bertz CT molecular complexity index is 1670. The number of primary amides is 1. The molecule has 0 spiro atoms. The van der Waals surface area contributed by atoms with E-state index >= 15 is 0 Å². The van der Waals surface area contributed by atoms with Crippen molar-refractivity contribution in [2.75, 3.05) is 6.26 Å². The van der Waals surface area contributed by atoms with Gasteiger partial charge in [0.2, 0.25) is 5.91 Å². The van der Waals surface area contributed by atoms with Crippen LogP contribution in [0.3, 0.4) is 0 Å². The van der Waals surface area contributed by atoms with Gasteiger partial charge in [0.15, 0.2) is 0 Å². The SMILES string of the molecule is CSc1sc(C(=N)N)cc1S(=O)(=NS(=O)(=O)c1cccc(C(N)=O)c1)c1cccc(Br)c1.O=C(O)C(F)(F)F. The summed E-state index contributed by atoms with van der Waals surface area (Å²) < 4.78 is 77.5.